The van der Waals surface area contributed by atoms with Crippen molar-refractivity contribution in [3.05, 3.63) is 70.6 Å². The van der Waals surface area contributed by atoms with E-state index in [1.54, 1.807) is 0 Å². The number of nitrogens with zero attached hydrogens (tertiary/aromatic N) is 2. The van der Waals surface area contributed by atoms with Crippen molar-refractivity contribution in [2.45, 2.75) is 37.7 Å². The van der Waals surface area contributed by atoms with Gasteiger partial charge in [0.2, 0.25) is 5.89 Å². The molecule has 0 spiro atoms. The quantitative estimate of drug-likeness (QED) is 0.494. The monoisotopic (exact) mass is 473 g/mol. The normalized spacial score (nSPS) is 16.4. The van der Waals surface area contributed by atoms with E-state index in [9.17, 15) is 35.5 Å². The standard InChI is InChI=1S/C21H14F7N3O2/c22-13-9-29-16(21(26,27)28)8-12(13)19-31-17-14(5-2-6-15(17)33-19)30-18(32)10-3-1-4-11(7-10)20(23,24)25/h1,3-4,7-9,14H,2,5-6H2,(H,30,32). The van der Waals surface area contributed by atoms with E-state index in [0.29, 0.717) is 37.6 Å². The fourth-order valence-corrected chi connectivity index (χ4v) is 3.51. The van der Waals surface area contributed by atoms with Gasteiger partial charge < -0.3 is 9.73 Å². The molecule has 0 fully saturated rings. The van der Waals surface area contributed by atoms with Gasteiger partial charge in [-0.05, 0) is 37.1 Å². The highest BCUT2D eigenvalue weighted by atomic mass is 19.4. The maximum atomic E-state index is 14.2. The minimum absolute atomic E-state index is 0.182. The molecule has 0 saturated heterocycles. The van der Waals surface area contributed by atoms with Crippen LogP contribution in [0.2, 0.25) is 0 Å². The fourth-order valence-electron chi connectivity index (χ4n) is 3.51. The van der Waals surface area contributed by atoms with E-state index in [0.717, 1.165) is 12.1 Å². The van der Waals surface area contributed by atoms with Crippen LogP contribution >= 0.6 is 0 Å². The number of carbonyl (C=O) groups excluding carboxylic acids is 1. The number of aryl methyl sites for hydroxylation is 1. The summed E-state index contributed by atoms with van der Waals surface area (Å²) in [4.78, 5) is 19.7. The number of amides is 1. The van der Waals surface area contributed by atoms with Crippen molar-refractivity contribution in [2.24, 2.45) is 0 Å². The first-order chi connectivity index (χ1) is 15.4. The smallest absolute Gasteiger partial charge is 0.433 e. The van der Waals surface area contributed by atoms with E-state index >= 15 is 0 Å². The van der Waals surface area contributed by atoms with Gasteiger partial charge in [-0.15, -0.1) is 0 Å². The number of alkyl halides is 6. The van der Waals surface area contributed by atoms with Crippen LogP contribution in [-0.2, 0) is 18.8 Å². The van der Waals surface area contributed by atoms with E-state index in [1.165, 1.54) is 6.07 Å². The summed E-state index contributed by atoms with van der Waals surface area (Å²) in [7, 11) is 0. The fraction of sp³-hybridized carbons (Fsp3) is 0.286. The van der Waals surface area contributed by atoms with Gasteiger partial charge in [0, 0.05) is 12.0 Å². The minimum Gasteiger partial charge on any atom is -0.441 e. The Morgan fingerprint density at radius 1 is 1.09 bits per heavy atom. The highest BCUT2D eigenvalue weighted by Gasteiger charge is 2.35. The van der Waals surface area contributed by atoms with Gasteiger partial charge >= 0.3 is 12.4 Å². The van der Waals surface area contributed by atoms with Gasteiger partial charge in [0.1, 0.15) is 17.1 Å². The highest BCUT2D eigenvalue weighted by Crippen LogP contribution is 2.36. The van der Waals surface area contributed by atoms with Crippen molar-refractivity contribution in [2.75, 3.05) is 0 Å². The lowest BCUT2D eigenvalue weighted by Gasteiger charge is -2.21. The van der Waals surface area contributed by atoms with Crippen LogP contribution in [0.15, 0.2) is 40.9 Å². The van der Waals surface area contributed by atoms with Crippen molar-refractivity contribution in [3.8, 4) is 11.5 Å². The first kappa shape index (κ1) is 22.7. The topological polar surface area (TPSA) is 68.0 Å². The van der Waals surface area contributed by atoms with E-state index in [-0.39, 0.29) is 17.0 Å². The summed E-state index contributed by atoms with van der Waals surface area (Å²) in [5, 5.41) is 2.57. The molecular formula is C21H14F7N3O2. The van der Waals surface area contributed by atoms with E-state index in [1.807, 2.05) is 0 Å². The number of carbonyl (C=O) groups is 1. The molecule has 1 unspecified atom stereocenters. The Hall–Kier alpha value is -3.44. The predicted octanol–water partition coefficient (Wildman–Crippen LogP) is 5.72. The number of pyridine rings is 1. The molecular weight excluding hydrogens is 459 g/mol. The van der Waals surface area contributed by atoms with Crippen molar-refractivity contribution in [1.29, 1.82) is 0 Å². The molecule has 3 aromatic rings. The second-order valence-electron chi connectivity index (χ2n) is 7.37. The molecule has 1 aromatic carbocycles. The first-order valence-electron chi connectivity index (χ1n) is 9.64. The zero-order valence-electron chi connectivity index (χ0n) is 16.5. The summed E-state index contributed by atoms with van der Waals surface area (Å²) in [5.74, 6) is -2.04. The third kappa shape index (κ3) is 4.69. The number of hydrogen-bond acceptors (Lipinski definition) is 4. The van der Waals surface area contributed by atoms with E-state index in [2.05, 4.69) is 15.3 Å². The van der Waals surface area contributed by atoms with Crippen molar-refractivity contribution in [3.63, 3.8) is 0 Å². The minimum atomic E-state index is -4.81. The Labute approximate surface area is 181 Å². The number of halogens is 7. The lowest BCUT2D eigenvalue weighted by molar-refractivity contribution is -0.141. The summed E-state index contributed by atoms with van der Waals surface area (Å²) < 4.78 is 97.3. The van der Waals surface area contributed by atoms with E-state index < -0.39 is 52.8 Å². The third-order valence-electron chi connectivity index (χ3n) is 5.09. The van der Waals surface area contributed by atoms with Gasteiger partial charge in [-0.25, -0.2) is 14.4 Å². The molecule has 1 N–H and O–H groups in total. The molecule has 4 rings (SSSR count). The van der Waals surface area contributed by atoms with Gasteiger partial charge in [-0.1, -0.05) is 6.07 Å². The summed E-state index contributed by atoms with van der Waals surface area (Å²) in [5.41, 5.74) is -2.91. The van der Waals surface area contributed by atoms with Crippen LogP contribution in [0.5, 0.6) is 0 Å². The number of rotatable bonds is 3. The van der Waals surface area contributed by atoms with Crippen LogP contribution < -0.4 is 5.32 Å². The van der Waals surface area contributed by atoms with Crippen molar-refractivity contribution in [1.82, 2.24) is 15.3 Å². The van der Waals surface area contributed by atoms with Crippen LogP contribution in [0.3, 0.4) is 0 Å². The second-order valence-corrected chi connectivity index (χ2v) is 7.37. The molecule has 0 saturated carbocycles. The van der Waals surface area contributed by atoms with Crippen molar-refractivity contribution >= 4 is 5.91 Å². The molecule has 0 bridgehead atoms. The molecule has 1 aliphatic carbocycles. The zero-order chi connectivity index (χ0) is 24.0. The Kier molecular flexibility index (Phi) is 5.62. The number of fused-ring (bicyclic) bond motifs is 1. The molecule has 2 heterocycles. The highest BCUT2D eigenvalue weighted by molar-refractivity contribution is 5.94. The molecule has 1 atom stereocenters. The largest absolute Gasteiger partial charge is 0.441 e. The Balaban J connectivity index is 1.62. The summed E-state index contributed by atoms with van der Waals surface area (Å²) in [6, 6.07) is 3.55. The lowest BCUT2D eigenvalue weighted by atomic mass is 9.96. The van der Waals surface area contributed by atoms with Gasteiger partial charge in [-0.3, -0.25) is 4.79 Å². The third-order valence-corrected chi connectivity index (χ3v) is 5.09. The number of benzene rings is 1. The average Bonchev–Trinajstić information content (AvgIpc) is 3.18. The first-order valence-corrected chi connectivity index (χ1v) is 9.64. The number of nitrogens with one attached hydrogen (secondary N) is 1. The molecule has 0 aliphatic heterocycles. The molecule has 33 heavy (non-hydrogen) atoms. The van der Waals surface area contributed by atoms with E-state index in [4.69, 9.17) is 4.42 Å². The lowest BCUT2D eigenvalue weighted by Crippen LogP contribution is -2.31. The molecule has 5 nitrogen and oxygen atoms in total. The number of oxazole rings is 1. The van der Waals surface area contributed by atoms with Crippen LogP contribution in [-0.4, -0.2) is 15.9 Å². The van der Waals surface area contributed by atoms with Gasteiger partial charge in [-0.2, -0.15) is 26.3 Å². The number of aromatic nitrogens is 2. The molecule has 174 valence electrons. The van der Waals surface area contributed by atoms with Crippen LogP contribution in [0.25, 0.3) is 11.5 Å². The SMILES string of the molecule is O=C(NC1CCCc2oc(-c3cc(C(F)(F)F)ncc3F)nc21)c1cccc(C(F)(F)F)c1. The van der Waals surface area contributed by atoms with Crippen LogP contribution in [0.4, 0.5) is 30.7 Å². The number of hydrogen-bond donors (Lipinski definition) is 1. The Morgan fingerprint density at radius 2 is 1.85 bits per heavy atom. The average molecular weight is 473 g/mol. The van der Waals surface area contributed by atoms with Crippen molar-refractivity contribution < 1.29 is 39.9 Å². The molecule has 1 aliphatic rings. The summed E-state index contributed by atoms with van der Waals surface area (Å²) >= 11 is 0. The Bertz CT molecular complexity index is 1200. The Morgan fingerprint density at radius 3 is 2.55 bits per heavy atom. The maximum Gasteiger partial charge on any atom is 0.433 e. The zero-order valence-corrected chi connectivity index (χ0v) is 16.5. The van der Waals surface area contributed by atoms with Crippen LogP contribution in [0, 0.1) is 5.82 Å². The predicted molar refractivity (Wildman–Crippen MR) is 99.3 cm³/mol. The summed E-state index contributed by atoms with van der Waals surface area (Å²) in [6.45, 7) is 0. The molecule has 2 aromatic heterocycles. The summed E-state index contributed by atoms with van der Waals surface area (Å²) in [6.07, 6.45) is -7.82. The van der Waals surface area contributed by atoms with Gasteiger partial charge in [0.25, 0.3) is 5.91 Å². The molecule has 1 amide bonds. The maximum absolute atomic E-state index is 14.2. The molecule has 12 heteroatoms. The van der Waals surface area contributed by atoms with Gasteiger partial charge in [0.15, 0.2) is 5.82 Å². The van der Waals surface area contributed by atoms with Gasteiger partial charge in [0.05, 0.1) is 23.4 Å². The second kappa shape index (κ2) is 8.16. The molecule has 0 radical (unpaired) electrons. The van der Waals surface area contributed by atoms with Crippen LogP contribution in [0.1, 0.15) is 52.0 Å².